The zero-order valence-corrected chi connectivity index (χ0v) is 12.4. The molecule has 0 aliphatic heterocycles. The second kappa shape index (κ2) is 6.49. The summed E-state index contributed by atoms with van der Waals surface area (Å²) in [6.07, 6.45) is 0. The fourth-order valence-corrected chi connectivity index (χ4v) is 2.20. The zero-order valence-electron chi connectivity index (χ0n) is 10.8. The van der Waals surface area contributed by atoms with Crippen LogP contribution in [0.25, 0.3) is 0 Å². The second-order valence-corrected chi connectivity index (χ2v) is 5.12. The van der Waals surface area contributed by atoms with E-state index in [1.54, 1.807) is 18.2 Å². The minimum absolute atomic E-state index is 0.0672. The van der Waals surface area contributed by atoms with Gasteiger partial charge >= 0.3 is 5.97 Å². The van der Waals surface area contributed by atoms with E-state index in [9.17, 15) is 14.0 Å². The molecule has 2 aromatic carbocycles. The van der Waals surface area contributed by atoms with E-state index in [0.29, 0.717) is 10.0 Å². The van der Waals surface area contributed by atoms with Gasteiger partial charge in [-0.15, -0.1) is 0 Å². The minimum atomic E-state index is -1.17. The summed E-state index contributed by atoms with van der Waals surface area (Å²) in [5, 5.41) is 11.6. The molecule has 0 radical (unpaired) electrons. The maximum absolute atomic E-state index is 13.2. The van der Waals surface area contributed by atoms with Gasteiger partial charge in [-0.2, -0.15) is 0 Å². The second-order valence-electron chi connectivity index (χ2n) is 4.27. The number of rotatable bonds is 4. The van der Waals surface area contributed by atoms with Crippen molar-refractivity contribution >= 4 is 27.8 Å². The van der Waals surface area contributed by atoms with Gasteiger partial charge in [-0.1, -0.05) is 28.1 Å². The maximum atomic E-state index is 13.2. The lowest BCUT2D eigenvalue weighted by atomic mass is 10.1. The summed E-state index contributed by atoms with van der Waals surface area (Å²) < 4.78 is 13.8. The molecule has 2 aromatic rings. The van der Waals surface area contributed by atoms with Crippen molar-refractivity contribution in [2.45, 2.75) is 6.54 Å². The van der Waals surface area contributed by atoms with Crippen LogP contribution in [0.5, 0.6) is 0 Å². The lowest BCUT2D eigenvalue weighted by Gasteiger charge is -2.09. The van der Waals surface area contributed by atoms with Gasteiger partial charge in [-0.05, 0) is 35.9 Å². The molecule has 0 aliphatic rings. The first-order valence-corrected chi connectivity index (χ1v) is 6.83. The third-order valence-corrected chi connectivity index (χ3v) is 3.62. The Bertz CT molecular complexity index is 703. The van der Waals surface area contributed by atoms with Crippen molar-refractivity contribution in [3.8, 4) is 0 Å². The lowest BCUT2D eigenvalue weighted by Crippen LogP contribution is -2.25. The van der Waals surface area contributed by atoms with Crippen LogP contribution in [0, 0.1) is 5.82 Å². The molecule has 1 amide bonds. The third-order valence-electron chi connectivity index (χ3n) is 2.85. The number of benzene rings is 2. The van der Waals surface area contributed by atoms with E-state index in [0.717, 1.165) is 0 Å². The number of hydrogen-bond donors (Lipinski definition) is 2. The van der Waals surface area contributed by atoms with E-state index in [4.69, 9.17) is 5.11 Å². The van der Waals surface area contributed by atoms with Crippen LogP contribution < -0.4 is 5.32 Å². The predicted molar refractivity (Wildman–Crippen MR) is 78.7 cm³/mol. The summed E-state index contributed by atoms with van der Waals surface area (Å²) >= 11 is 3.26. The highest BCUT2D eigenvalue weighted by Crippen LogP contribution is 2.18. The third kappa shape index (κ3) is 3.66. The number of carboxylic acids is 1. The minimum Gasteiger partial charge on any atom is -0.478 e. The first-order valence-electron chi connectivity index (χ1n) is 6.03. The van der Waals surface area contributed by atoms with Gasteiger partial charge in [0.2, 0.25) is 0 Å². The average Bonchev–Trinajstić information content (AvgIpc) is 2.47. The zero-order chi connectivity index (χ0) is 15.4. The summed E-state index contributed by atoms with van der Waals surface area (Å²) in [7, 11) is 0. The maximum Gasteiger partial charge on any atom is 0.336 e. The Hall–Kier alpha value is -2.21. The van der Waals surface area contributed by atoms with Crippen molar-refractivity contribution in [3.05, 3.63) is 69.4 Å². The molecule has 0 fully saturated rings. The number of carbonyl (C=O) groups is 2. The molecule has 2 rings (SSSR count). The number of amides is 1. The number of halogens is 2. The van der Waals surface area contributed by atoms with E-state index in [2.05, 4.69) is 21.2 Å². The van der Waals surface area contributed by atoms with Crippen LogP contribution >= 0.6 is 15.9 Å². The van der Waals surface area contributed by atoms with Crippen LogP contribution in [0.1, 0.15) is 26.3 Å². The molecule has 0 aromatic heterocycles. The largest absolute Gasteiger partial charge is 0.478 e. The molecule has 0 heterocycles. The topological polar surface area (TPSA) is 66.4 Å². The van der Waals surface area contributed by atoms with Crippen LogP contribution in [0.3, 0.4) is 0 Å². The number of carboxylic acid groups (broad SMARTS) is 1. The Morgan fingerprint density at radius 3 is 2.48 bits per heavy atom. The monoisotopic (exact) mass is 351 g/mol. The van der Waals surface area contributed by atoms with Gasteiger partial charge in [0.25, 0.3) is 5.91 Å². The molecule has 0 unspecified atom stereocenters. The van der Waals surface area contributed by atoms with Gasteiger partial charge in [0.1, 0.15) is 5.82 Å². The first kappa shape index (κ1) is 15.2. The number of nitrogens with one attached hydrogen (secondary N) is 1. The molecule has 108 valence electrons. The molecule has 0 saturated carbocycles. The van der Waals surface area contributed by atoms with Crippen LogP contribution in [-0.4, -0.2) is 17.0 Å². The Balaban J connectivity index is 2.16. The molecule has 4 nitrogen and oxygen atoms in total. The Labute approximate surface area is 128 Å². The molecule has 0 saturated heterocycles. The summed E-state index contributed by atoms with van der Waals surface area (Å²) in [6, 6.07) is 10.1. The predicted octanol–water partition coefficient (Wildman–Crippen LogP) is 3.22. The standard InChI is InChI=1S/C15H11BrFNO3/c16-13-6-5-10(17)7-9(13)8-18-14(19)11-3-1-2-4-12(11)15(20)21/h1-7H,8H2,(H,18,19)(H,20,21). The molecule has 0 bridgehead atoms. The van der Waals surface area contributed by atoms with Crippen molar-refractivity contribution in [1.29, 1.82) is 0 Å². The fourth-order valence-electron chi connectivity index (χ4n) is 1.82. The van der Waals surface area contributed by atoms with Crippen molar-refractivity contribution in [2.75, 3.05) is 0 Å². The lowest BCUT2D eigenvalue weighted by molar-refractivity contribution is 0.0691. The fraction of sp³-hybridized carbons (Fsp3) is 0.0667. The number of carbonyl (C=O) groups excluding carboxylic acids is 1. The van der Waals surface area contributed by atoms with Crippen LogP contribution in [0.15, 0.2) is 46.9 Å². The van der Waals surface area contributed by atoms with Crippen molar-refractivity contribution < 1.29 is 19.1 Å². The van der Waals surface area contributed by atoms with Gasteiger partial charge < -0.3 is 10.4 Å². The highest BCUT2D eigenvalue weighted by Gasteiger charge is 2.15. The summed E-state index contributed by atoms with van der Waals surface area (Å²) in [4.78, 5) is 23.1. The SMILES string of the molecule is O=C(O)c1ccccc1C(=O)NCc1cc(F)ccc1Br. The molecule has 0 atom stereocenters. The number of aromatic carboxylic acids is 1. The smallest absolute Gasteiger partial charge is 0.336 e. The average molecular weight is 352 g/mol. The molecule has 6 heteroatoms. The van der Waals surface area contributed by atoms with Crippen LogP contribution in [0.4, 0.5) is 4.39 Å². The van der Waals surface area contributed by atoms with Gasteiger partial charge in [-0.3, -0.25) is 4.79 Å². The molecule has 0 spiro atoms. The van der Waals surface area contributed by atoms with Gasteiger partial charge in [0.05, 0.1) is 11.1 Å². The van der Waals surface area contributed by atoms with Crippen molar-refractivity contribution in [2.24, 2.45) is 0 Å². The van der Waals surface area contributed by atoms with Gasteiger partial charge in [-0.25, -0.2) is 9.18 Å². The highest BCUT2D eigenvalue weighted by molar-refractivity contribution is 9.10. The molecule has 21 heavy (non-hydrogen) atoms. The van der Waals surface area contributed by atoms with Crippen molar-refractivity contribution in [1.82, 2.24) is 5.32 Å². The normalized spacial score (nSPS) is 10.2. The van der Waals surface area contributed by atoms with Crippen molar-refractivity contribution in [3.63, 3.8) is 0 Å². The Morgan fingerprint density at radius 1 is 1.14 bits per heavy atom. The summed E-state index contributed by atoms with van der Waals surface area (Å²) in [5.74, 6) is -2.11. The van der Waals surface area contributed by atoms with E-state index < -0.39 is 17.7 Å². The van der Waals surface area contributed by atoms with Crippen LogP contribution in [0.2, 0.25) is 0 Å². The Morgan fingerprint density at radius 2 is 1.81 bits per heavy atom. The quantitative estimate of drug-likeness (QED) is 0.888. The van der Waals surface area contributed by atoms with E-state index >= 15 is 0 Å². The molecule has 2 N–H and O–H groups in total. The summed E-state index contributed by atoms with van der Waals surface area (Å²) in [5.41, 5.74) is 0.557. The van der Waals surface area contributed by atoms with Gasteiger partial charge in [0.15, 0.2) is 0 Å². The summed E-state index contributed by atoms with van der Waals surface area (Å²) in [6.45, 7) is 0.0884. The van der Waals surface area contributed by atoms with E-state index in [1.165, 1.54) is 24.3 Å². The first-order chi connectivity index (χ1) is 9.99. The van der Waals surface area contributed by atoms with E-state index in [-0.39, 0.29) is 17.7 Å². The highest BCUT2D eigenvalue weighted by atomic mass is 79.9. The molecular weight excluding hydrogens is 341 g/mol. The molecule has 0 aliphatic carbocycles. The number of hydrogen-bond acceptors (Lipinski definition) is 2. The molecular formula is C15H11BrFNO3. The van der Waals surface area contributed by atoms with E-state index in [1.807, 2.05) is 0 Å². The van der Waals surface area contributed by atoms with Gasteiger partial charge in [0, 0.05) is 11.0 Å². The Kier molecular flexibility index (Phi) is 4.70. The van der Waals surface area contributed by atoms with Crippen LogP contribution in [-0.2, 0) is 6.54 Å².